The minimum Gasteiger partial charge on any atom is -0.395 e. The molecule has 6 heteroatoms. The van der Waals surface area contributed by atoms with Gasteiger partial charge in [-0.25, -0.2) is 0 Å². The lowest BCUT2D eigenvalue weighted by atomic mass is 10.1. The molecule has 0 aliphatic rings. The highest BCUT2D eigenvalue weighted by Crippen LogP contribution is 2.32. The van der Waals surface area contributed by atoms with Crippen molar-refractivity contribution in [2.75, 3.05) is 24.6 Å². The number of aromatic nitrogens is 1. The number of rotatable bonds is 7. The number of anilines is 1. The van der Waals surface area contributed by atoms with Gasteiger partial charge in [0, 0.05) is 42.6 Å². The van der Waals surface area contributed by atoms with Crippen LogP contribution in [0.5, 0.6) is 0 Å². The number of unbranched alkanes of at least 4 members (excludes halogenated alkanes) is 1. The highest BCUT2D eigenvalue weighted by Gasteiger charge is 2.17. The van der Waals surface area contributed by atoms with Gasteiger partial charge in [0.2, 0.25) is 0 Å². The summed E-state index contributed by atoms with van der Waals surface area (Å²) in [6.07, 6.45) is 5.21. The second-order valence-electron chi connectivity index (χ2n) is 4.85. The Kier molecular flexibility index (Phi) is 5.05. The van der Waals surface area contributed by atoms with E-state index in [1.54, 1.807) is 18.3 Å². The molecule has 0 amide bonds. The van der Waals surface area contributed by atoms with Crippen molar-refractivity contribution in [1.29, 1.82) is 0 Å². The normalized spacial score (nSPS) is 10.8. The van der Waals surface area contributed by atoms with E-state index in [1.807, 2.05) is 0 Å². The molecule has 112 valence electrons. The Hall–Kier alpha value is -2.21. The Labute approximate surface area is 123 Å². The van der Waals surface area contributed by atoms with Crippen LogP contribution in [0.1, 0.15) is 19.8 Å². The number of hydrogen-bond acceptors (Lipinski definition) is 5. The van der Waals surface area contributed by atoms with Gasteiger partial charge in [-0.3, -0.25) is 15.1 Å². The molecule has 6 nitrogen and oxygen atoms in total. The van der Waals surface area contributed by atoms with Crippen molar-refractivity contribution in [3.05, 3.63) is 40.7 Å². The maximum absolute atomic E-state index is 11.1. The summed E-state index contributed by atoms with van der Waals surface area (Å²) in [4.78, 5) is 16.8. The second kappa shape index (κ2) is 6.99. The fraction of sp³-hybridized carbons (Fsp3) is 0.400. The fourth-order valence-corrected chi connectivity index (χ4v) is 2.42. The standard InChI is InChI=1S/C15H19N3O3/c1-2-3-8-17(9-10-19)14-4-5-15(18(20)21)13-11-16-7-6-12(13)14/h4-7,11,19H,2-3,8-10H2,1H3. The molecule has 1 aromatic carbocycles. The van der Waals surface area contributed by atoms with Crippen LogP contribution < -0.4 is 4.90 Å². The number of aliphatic hydroxyl groups is 1. The zero-order chi connectivity index (χ0) is 15.2. The smallest absolute Gasteiger partial charge is 0.278 e. The topological polar surface area (TPSA) is 79.5 Å². The van der Waals surface area contributed by atoms with Gasteiger partial charge in [0.1, 0.15) is 0 Å². The van der Waals surface area contributed by atoms with Crippen LogP contribution in [0.2, 0.25) is 0 Å². The minimum atomic E-state index is -0.393. The molecule has 1 heterocycles. The molecule has 2 rings (SSSR count). The van der Waals surface area contributed by atoms with Gasteiger partial charge in [-0.1, -0.05) is 13.3 Å². The molecule has 0 atom stereocenters. The molecule has 0 aliphatic heterocycles. The van der Waals surface area contributed by atoms with Gasteiger partial charge in [0.15, 0.2) is 0 Å². The molecule has 0 radical (unpaired) electrons. The summed E-state index contributed by atoms with van der Waals surface area (Å²) >= 11 is 0. The highest BCUT2D eigenvalue weighted by molar-refractivity contribution is 5.99. The summed E-state index contributed by atoms with van der Waals surface area (Å²) < 4.78 is 0. The maximum Gasteiger partial charge on any atom is 0.278 e. The van der Waals surface area contributed by atoms with Crippen molar-refractivity contribution in [2.45, 2.75) is 19.8 Å². The van der Waals surface area contributed by atoms with Crippen LogP contribution in [0.25, 0.3) is 10.8 Å². The van der Waals surface area contributed by atoms with Crippen molar-refractivity contribution in [1.82, 2.24) is 4.98 Å². The molecule has 0 saturated carbocycles. The van der Waals surface area contributed by atoms with Crippen LogP contribution in [0.4, 0.5) is 11.4 Å². The molecule has 0 saturated heterocycles. The number of aliphatic hydroxyl groups excluding tert-OH is 1. The molecular weight excluding hydrogens is 270 g/mol. The van der Waals surface area contributed by atoms with Crippen molar-refractivity contribution in [3.63, 3.8) is 0 Å². The maximum atomic E-state index is 11.1. The number of fused-ring (bicyclic) bond motifs is 1. The van der Waals surface area contributed by atoms with E-state index in [0.717, 1.165) is 30.5 Å². The first kappa shape index (κ1) is 15.2. The van der Waals surface area contributed by atoms with E-state index in [-0.39, 0.29) is 12.3 Å². The number of benzene rings is 1. The number of nitro groups is 1. The van der Waals surface area contributed by atoms with Crippen LogP contribution in [0, 0.1) is 10.1 Å². The molecule has 1 N–H and O–H groups in total. The molecule has 0 bridgehead atoms. The Morgan fingerprint density at radius 1 is 1.29 bits per heavy atom. The quantitative estimate of drug-likeness (QED) is 0.626. The molecule has 1 aromatic heterocycles. The lowest BCUT2D eigenvalue weighted by molar-refractivity contribution is -0.383. The van der Waals surface area contributed by atoms with Gasteiger partial charge >= 0.3 is 0 Å². The summed E-state index contributed by atoms with van der Waals surface area (Å²) in [5.74, 6) is 0. The second-order valence-corrected chi connectivity index (χ2v) is 4.85. The SMILES string of the molecule is CCCCN(CCO)c1ccc([N+](=O)[O-])c2cnccc12. The number of nitrogens with zero attached hydrogens (tertiary/aromatic N) is 3. The minimum absolute atomic E-state index is 0.0489. The van der Waals surface area contributed by atoms with Crippen LogP contribution in [0.15, 0.2) is 30.6 Å². The first-order valence-corrected chi connectivity index (χ1v) is 7.06. The molecule has 0 fully saturated rings. The predicted molar refractivity (Wildman–Crippen MR) is 82.6 cm³/mol. The molecule has 0 spiro atoms. The first-order valence-electron chi connectivity index (χ1n) is 7.06. The third kappa shape index (κ3) is 3.28. The van der Waals surface area contributed by atoms with Gasteiger partial charge in [-0.2, -0.15) is 0 Å². The zero-order valence-electron chi connectivity index (χ0n) is 12.0. The van der Waals surface area contributed by atoms with Crippen molar-refractivity contribution >= 4 is 22.1 Å². The summed E-state index contributed by atoms with van der Waals surface area (Å²) in [6, 6.07) is 5.05. The molecule has 2 aromatic rings. The van der Waals surface area contributed by atoms with E-state index in [0.29, 0.717) is 11.9 Å². The Morgan fingerprint density at radius 2 is 2.10 bits per heavy atom. The lowest BCUT2D eigenvalue weighted by Crippen LogP contribution is -2.27. The number of nitro benzene ring substituents is 1. The highest BCUT2D eigenvalue weighted by atomic mass is 16.6. The summed E-state index contributed by atoms with van der Waals surface area (Å²) in [6.45, 7) is 3.48. The van der Waals surface area contributed by atoms with E-state index in [9.17, 15) is 15.2 Å². The van der Waals surface area contributed by atoms with E-state index in [4.69, 9.17) is 0 Å². The summed E-state index contributed by atoms with van der Waals surface area (Å²) in [5, 5.41) is 21.7. The van der Waals surface area contributed by atoms with Gasteiger partial charge in [0.25, 0.3) is 5.69 Å². The fourth-order valence-electron chi connectivity index (χ4n) is 2.42. The number of hydrogen-bond donors (Lipinski definition) is 1. The van der Waals surface area contributed by atoms with Gasteiger partial charge in [0.05, 0.1) is 16.9 Å². The monoisotopic (exact) mass is 289 g/mol. The Morgan fingerprint density at radius 3 is 2.76 bits per heavy atom. The van der Waals surface area contributed by atoms with Crippen LogP contribution in [0.3, 0.4) is 0 Å². The van der Waals surface area contributed by atoms with Crippen LogP contribution >= 0.6 is 0 Å². The zero-order valence-corrected chi connectivity index (χ0v) is 12.0. The van der Waals surface area contributed by atoms with Gasteiger partial charge in [-0.15, -0.1) is 0 Å². The summed E-state index contributed by atoms with van der Waals surface area (Å²) in [5.41, 5.74) is 0.960. The van der Waals surface area contributed by atoms with Crippen molar-refractivity contribution in [2.24, 2.45) is 0 Å². The molecule has 0 aliphatic carbocycles. The van der Waals surface area contributed by atoms with E-state index >= 15 is 0 Å². The van der Waals surface area contributed by atoms with E-state index in [2.05, 4.69) is 16.8 Å². The largest absolute Gasteiger partial charge is 0.395 e. The molecule has 21 heavy (non-hydrogen) atoms. The average molecular weight is 289 g/mol. The van der Waals surface area contributed by atoms with Gasteiger partial charge < -0.3 is 10.0 Å². The first-order chi connectivity index (χ1) is 10.2. The number of pyridine rings is 1. The van der Waals surface area contributed by atoms with Crippen LogP contribution in [-0.4, -0.2) is 34.7 Å². The Balaban J connectivity index is 2.52. The lowest BCUT2D eigenvalue weighted by Gasteiger charge is -2.25. The summed E-state index contributed by atoms with van der Waals surface area (Å²) in [7, 11) is 0. The van der Waals surface area contributed by atoms with E-state index < -0.39 is 4.92 Å². The average Bonchev–Trinajstić information content (AvgIpc) is 2.50. The third-order valence-electron chi connectivity index (χ3n) is 3.46. The van der Waals surface area contributed by atoms with Crippen molar-refractivity contribution < 1.29 is 10.0 Å². The van der Waals surface area contributed by atoms with Crippen molar-refractivity contribution in [3.8, 4) is 0 Å². The molecule has 0 unspecified atom stereocenters. The predicted octanol–water partition coefficient (Wildman–Crippen LogP) is 2.74. The third-order valence-corrected chi connectivity index (χ3v) is 3.46. The number of non-ortho nitro benzene ring substituents is 1. The Bertz CT molecular complexity index is 631. The molecular formula is C15H19N3O3. The van der Waals surface area contributed by atoms with Crippen LogP contribution in [-0.2, 0) is 0 Å². The van der Waals surface area contributed by atoms with Gasteiger partial charge in [-0.05, 0) is 18.6 Å². The van der Waals surface area contributed by atoms with E-state index in [1.165, 1.54) is 12.3 Å².